The van der Waals surface area contributed by atoms with Crippen LogP contribution in [0.4, 0.5) is 5.69 Å². The van der Waals surface area contributed by atoms with Crippen molar-refractivity contribution in [3.8, 4) is 28.0 Å². The first-order valence-electron chi connectivity index (χ1n) is 7.27. The predicted molar refractivity (Wildman–Crippen MR) is 93.9 cm³/mol. The molecule has 0 aliphatic carbocycles. The number of ether oxygens (including phenoxy) is 3. The van der Waals surface area contributed by atoms with E-state index in [0.29, 0.717) is 39.4 Å². The molecule has 0 spiro atoms. The Labute approximate surface area is 148 Å². The first-order valence-corrected chi connectivity index (χ1v) is 8.15. The minimum absolute atomic E-state index is 0.296. The molecule has 2 aromatic heterocycles. The first kappa shape index (κ1) is 16.8. The standard InChI is InChI=1S/C17H16N2O5S/c1-21-13-7-10(8-14(22-2)15(13)23-3)18-16(20)11-9-25-17(19-11)12-5-4-6-24-12/h4-9H,1-3H3,(H,18,20). The molecule has 3 rings (SSSR count). The molecule has 0 bridgehead atoms. The maximum Gasteiger partial charge on any atom is 0.275 e. The molecule has 8 heteroatoms. The van der Waals surface area contributed by atoms with Gasteiger partial charge in [-0.15, -0.1) is 11.3 Å². The van der Waals surface area contributed by atoms with Gasteiger partial charge in [0.1, 0.15) is 5.69 Å². The molecule has 130 valence electrons. The van der Waals surface area contributed by atoms with E-state index in [9.17, 15) is 4.79 Å². The Morgan fingerprint density at radius 2 is 1.88 bits per heavy atom. The normalized spacial score (nSPS) is 10.4. The smallest absolute Gasteiger partial charge is 0.275 e. The molecule has 7 nitrogen and oxygen atoms in total. The second kappa shape index (κ2) is 7.27. The van der Waals surface area contributed by atoms with Crippen molar-refractivity contribution in [2.45, 2.75) is 0 Å². The SMILES string of the molecule is COc1cc(NC(=O)c2csc(-c3ccco3)n2)cc(OC)c1OC. The minimum atomic E-state index is -0.344. The number of rotatable bonds is 6. The first-order chi connectivity index (χ1) is 12.2. The molecule has 2 heterocycles. The van der Waals surface area contributed by atoms with E-state index in [2.05, 4.69) is 10.3 Å². The van der Waals surface area contributed by atoms with E-state index in [-0.39, 0.29) is 5.91 Å². The molecule has 0 unspecified atom stereocenters. The molecule has 0 saturated carbocycles. The highest BCUT2D eigenvalue weighted by Gasteiger charge is 2.17. The molecule has 0 aliphatic rings. The Morgan fingerprint density at radius 1 is 1.16 bits per heavy atom. The van der Waals surface area contributed by atoms with E-state index >= 15 is 0 Å². The fraction of sp³-hybridized carbons (Fsp3) is 0.176. The predicted octanol–water partition coefficient (Wildman–Crippen LogP) is 3.68. The molecule has 1 aromatic carbocycles. The monoisotopic (exact) mass is 360 g/mol. The van der Waals surface area contributed by atoms with Gasteiger partial charge in [-0.05, 0) is 12.1 Å². The number of furan rings is 1. The highest BCUT2D eigenvalue weighted by Crippen LogP contribution is 2.40. The summed E-state index contributed by atoms with van der Waals surface area (Å²) in [7, 11) is 4.54. The summed E-state index contributed by atoms with van der Waals surface area (Å²) in [5.74, 6) is 1.63. The van der Waals surface area contributed by atoms with Crippen molar-refractivity contribution in [2.75, 3.05) is 26.6 Å². The fourth-order valence-corrected chi connectivity index (χ4v) is 3.01. The van der Waals surface area contributed by atoms with Crippen molar-refractivity contribution >= 4 is 22.9 Å². The van der Waals surface area contributed by atoms with Gasteiger partial charge in [0.05, 0.1) is 27.6 Å². The summed E-state index contributed by atoms with van der Waals surface area (Å²) in [6.45, 7) is 0. The number of amides is 1. The molecule has 0 radical (unpaired) electrons. The number of methoxy groups -OCH3 is 3. The van der Waals surface area contributed by atoms with Gasteiger partial charge in [0, 0.05) is 23.2 Å². The summed E-state index contributed by atoms with van der Waals surface area (Å²) in [5.41, 5.74) is 0.803. The maximum absolute atomic E-state index is 12.4. The Balaban J connectivity index is 1.83. The number of nitrogens with zero attached hydrogens (tertiary/aromatic N) is 1. The number of thiazole rings is 1. The summed E-state index contributed by atoms with van der Waals surface area (Å²) >= 11 is 1.33. The average molecular weight is 360 g/mol. The van der Waals surface area contributed by atoms with E-state index < -0.39 is 0 Å². The van der Waals surface area contributed by atoms with Crippen LogP contribution in [0.3, 0.4) is 0 Å². The number of benzene rings is 1. The quantitative estimate of drug-likeness (QED) is 0.722. The number of hydrogen-bond donors (Lipinski definition) is 1. The molecular weight excluding hydrogens is 344 g/mol. The van der Waals surface area contributed by atoms with Crippen molar-refractivity contribution in [3.63, 3.8) is 0 Å². The molecule has 3 aromatic rings. The lowest BCUT2D eigenvalue weighted by Gasteiger charge is -2.14. The summed E-state index contributed by atoms with van der Waals surface area (Å²) in [6, 6.07) is 6.87. The van der Waals surface area contributed by atoms with Crippen LogP contribution in [0.25, 0.3) is 10.8 Å². The zero-order valence-corrected chi connectivity index (χ0v) is 14.7. The zero-order chi connectivity index (χ0) is 17.8. The van der Waals surface area contributed by atoms with Crippen molar-refractivity contribution in [1.82, 2.24) is 4.98 Å². The summed E-state index contributed by atoms with van der Waals surface area (Å²) in [5, 5.41) is 5.09. The highest BCUT2D eigenvalue weighted by molar-refractivity contribution is 7.13. The highest BCUT2D eigenvalue weighted by atomic mass is 32.1. The topological polar surface area (TPSA) is 82.8 Å². The number of hydrogen-bond acceptors (Lipinski definition) is 7. The fourth-order valence-electron chi connectivity index (χ4n) is 2.24. The van der Waals surface area contributed by atoms with Crippen LogP contribution in [0.1, 0.15) is 10.5 Å². The number of anilines is 1. The Kier molecular flexibility index (Phi) is 4.90. The molecule has 0 aliphatic heterocycles. The second-order valence-corrected chi connectivity index (χ2v) is 5.74. The third-order valence-corrected chi connectivity index (χ3v) is 4.25. The number of carbonyl (C=O) groups is 1. The van der Waals surface area contributed by atoms with Gasteiger partial charge in [0.25, 0.3) is 5.91 Å². The lowest BCUT2D eigenvalue weighted by Crippen LogP contribution is -2.12. The van der Waals surface area contributed by atoms with E-state index in [4.69, 9.17) is 18.6 Å². The van der Waals surface area contributed by atoms with Gasteiger partial charge in [0.2, 0.25) is 5.75 Å². The number of aromatic nitrogens is 1. The summed E-state index contributed by atoms with van der Waals surface area (Å²) in [6.07, 6.45) is 1.56. The molecule has 0 saturated heterocycles. The van der Waals surface area contributed by atoms with E-state index in [1.165, 1.54) is 32.7 Å². The number of nitrogens with one attached hydrogen (secondary N) is 1. The number of carbonyl (C=O) groups excluding carboxylic acids is 1. The van der Waals surface area contributed by atoms with Gasteiger partial charge in [-0.2, -0.15) is 0 Å². The maximum atomic E-state index is 12.4. The van der Waals surface area contributed by atoms with E-state index in [0.717, 1.165) is 0 Å². The molecule has 25 heavy (non-hydrogen) atoms. The van der Waals surface area contributed by atoms with Crippen LogP contribution in [0.2, 0.25) is 0 Å². The van der Waals surface area contributed by atoms with Crippen LogP contribution < -0.4 is 19.5 Å². The average Bonchev–Trinajstić information content (AvgIpc) is 3.31. The second-order valence-electron chi connectivity index (χ2n) is 4.88. The van der Waals surface area contributed by atoms with Crippen molar-refractivity contribution in [1.29, 1.82) is 0 Å². The van der Waals surface area contributed by atoms with Gasteiger partial charge in [0.15, 0.2) is 22.3 Å². The summed E-state index contributed by atoms with van der Waals surface area (Å²) < 4.78 is 21.1. The van der Waals surface area contributed by atoms with Gasteiger partial charge in [-0.3, -0.25) is 4.79 Å². The van der Waals surface area contributed by atoms with Gasteiger partial charge in [-0.25, -0.2) is 4.98 Å². The van der Waals surface area contributed by atoms with Gasteiger partial charge >= 0.3 is 0 Å². The third kappa shape index (κ3) is 3.43. The van der Waals surface area contributed by atoms with Gasteiger partial charge < -0.3 is 23.9 Å². The Bertz CT molecular complexity index is 848. The molecule has 1 amide bonds. The molecular formula is C17H16N2O5S. The zero-order valence-electron chi connectivity index (χ0n) is 13.9. The van der Waals surface area contributed by atoms with Crippen molar-refractivity contribution in [2.24, 2.45) is 0 Å². The van der Waals surface area contributed by atoms with Crippen molar-refractivity contribution < 1.29 is 23.4 Å². The van der Waals surface area contributed by atoms with Gasteiger partial charge in [-0.1, -0.05) is 0 Å². The largest absolute Gasteiger partial charge is 0.493 e. The van der Waals surface area contributed by atoms with Crippen LogP contribution in [-0.4, -0.2) is 32.2 Å². The molecule has 0 atom stereocenters. The van der Waals surface area contributed by atoms with Crippen LogP contribution in [0.5, 0.6) is 17.2 Å². The van der Waals surface area contributed by atoms with Crippen LogP contribution in [0.15, 0.2) is 40.3 Å². The Morgan fingerprint density at radius 3 is 2.44 bits per heavy atom. The molecule has 1 N–H and O–H groups in total. The lowest BCUT2D eigenvalue weighted by molar-refractivity contribution is 0.102. The summed E-state index contributed by atoms with van der Waals surface area (Å²) in [4.78, 5) is 16.7. The minimum Gasteiger partial charge on any atom is -0.493 e. The van der Waals surface area contributed by atoms with E-state index in [1.807, 2.05) is 0 Å². The third-order valence-electron chi connectivity index (χ3n) is 3.39. The Hall–Kier alpha value is -3.00. The van der Waals surface area contributed by atoms with E-state index in [1.54, 1.807) is 35.9 Å². The lowest BCUT2D eigenvalue weighted by atomic mass is 10.2. The van der Waals surface area contributed by atoms with Crippen molar-refractivity contribution in [3.05, 3.63) is 41.6 Å². The molecule has 0 fully saturated rings. The van der Waals surface area contributed by atoms with Crippen LogP contribution >= 0.6 is 11.3 Å². The van der Waals surface area contributed by atoms with Crippen LogP contribution in [-0.2, 0) is 0 Å². The van der Waals surface area contributed by atoms with Crippen LogP contribution in [0, 0.1) is 0 Å².